The number of carbonyl (C=O) groups is 3. The van der Waals surface area contributed by atoms with Gasteiger partial charge in [-0.25, -0.2) is 4.79 Å². The maximum atomic E-state index is 11.2. The van der Waals surface area contributed by atoms with Crippen LogP contribution in [0.1, 0.15) is 26.2 Å². The third-order valence-corrected chi connectivity index (χ3v) is 2.12. The lowest BCUT2D eigenvalue weighted by molar-refractivity contribution is -0.122. The Balaban J connectivity index is 2.22. The average molecular weight is 213 g/mol. The van der Waals surface area contributed by atoms with E-state index in [-0.39, 0.29) is 12.5 Å². The predicted molar refractivity (Wildman–Crippen MR) is 53.0 cm³/mol. The van der Waals surface area contributed by atoms with Gasteiger partial charge in [0.25, 0.3) is 5.91 Å². The summed E-state index contributed by atoms with van der Waals surface area (Å²) in [7, 11) is 0. The van der Waals surface area contributed by atoms with E-state index in [1.807, 2.05) is 6.92 Å². The van der Waals surface area contributed by atoms with E-state index in [2.05, 4.69) is 16.0 Å². The number of urea groups is 1. The average Bonchev–Trinajstić information content (AvgIpc) is 2.51. The molecule has 0 saturated carbocycles. The summed E-state index contributed by atoms with van der Waals surface area (Å²) in [5.74, 6) is -0.485. The number of unbranched alkanes of at least 4 members (excludes halogenated alkanes) is 1. The van der Waals surface area contributed by atoms with Crippen molar-refractivity contribution in [1.29, 1.82) is 0 Å². The molecule has 0 spiro atoms. The van der Waals surface area contributed by atoms with Crippen LogP contribution in [0.4, 0.5) is 4.79 Å². The first-order valence-corrected chi connectivity index (χ1v) is 5.01. The Bertz CT molecular complexity index is 278. The van der Waals surface area contributed by atoms with Crippen molar-refractivity contribution in [3.63, 3.8) is 0 Å². The Labute approximate surface area is 87.8 Å². The fourth-order valence-electron chi connectivity index (χ4n) is 1.24. The fraction of sp³-hybridized carbons (Fsp3) is 0.667. The highest BCUT2D eigenvalue weighted by Gasteiger charge is 2.29. The van der Waals surface area contributed by atoms with Gasteiger partial charge in [0.1, 0.15) is 6.04 Å². The topological polar surface area (TPSA) is 87.3 Å². The van der Waals surface area contributed by atoms with Crippen LogP contribution in [0.2, 0.25) is 0 Å². The van der Waals surface area contributed by atoms with Gasteiger partial charge in [-0.15, -0.1) is 0 Å². The van der Waals surface area contributed by atoms with Gasteiger partial charge in [-0.05, 0) is 6.42 Å². The summed E-state index contributed by atoms with van der Waals surface area (Å²) in [6.07, 6.45) is 2.24. The second-order valence-electron chi connectivity index (χ2n) is 3.42. The number of imide groups is 1. The molecule has 1 heterocycles. The van der Waals surface area contributed by atoms with E-state index < -0.39 is 18.0 Å². The molecule has 0 aromatic heterocycles. The number of nitrogens with one attached hydrogen (secondary N) is 3. The summed E-state index contributed by atoms with van der Waals surface area (Å²) in [5.41, 5.74) is 0. The van der Waals surface area contributed by atoms with Gasteiger partial charge in [0.05, 0.1) is 0 Å². The maximum Gasteiger partial charge on any atom is 0.322 e. The van der Waals surface area contributed by atoms with Crippen molar-refractivity contribution in [2.45, 2.75) is 32.2 Å². The van der Waals surface area contributed by atoms with Crippen LogP contribution < -0.4 is 16.0 Å². The Morgan fingerprint density at radius 3 is 2.73 bits per heavy atom. The molecular formula is C9H15N3O3. The first kappa shape index (κ1) is 11.5. The second kappa shape index (κ2) is 5.33. The quantitative estimate of drug-likeness (QED) is 0.538. The van der Waals surface area contributed by atoms with E-state index in [0.29, 0.717) is 6.42 Å². The zero-order chi connectivity index (χ0) is 11.3. The summed E-state index contributed by atoms with van der Waals surface area (Å²) in [4.78, 5) is 33.0. The highest BCUT2D eigenvalue weighted by molar-refractivity contribution is 6.04. The zero-order valence-electron chi connectivity index (χ0n) is 8.63. The van der Waals surface area contributed by atoms with Crippen molar-refractivity contribution >= 4 is 17.8 Å². The normalized spacial score (nSPS) is 19.7. The van der Waals surface area contributed by atoms with Crippen molar-refractivity contribution in [2.75, 3.05) is 6.54 Å². The van der Waals surface area contributed by atoms with Crippen molar-refractivity contribution < 1.29 is 14.4 Å². The highest BCUT2D eigenvalue weighted by atomic mass is 16.2. The lowest BCUT2D eigenvalue weighted by atomic mass is 10.2. The van der Waals surface area contributed by atoms with E-state index >= 15 is 0 Å². The molecule has 0 radical (unpaired) electrons. The van der Waals surface area contributed by atoms with E-state index in [9.17, 15) is 14.4 Å². The SMILES string of the molecule is CCCCC(=O)NCC1NC(=O)NC1=O. The Morgan fingerprint density at radius 2 is 2.20 bits per heavy atom. The summed E-state index contributed by atoms with van der Waals surface area (Å²) >= 11 is 0. The molecule has 3 N–H and O–H groups in total. The van der Waals surface area contributed by atoms with E-state index in [4.69, 9.17) is 0 Å². The monoisotopic (exact) mass is 213 g/mol. The molecule has 0 bridgehead atoms. The molecule has 1 aliphatic rings. The molecule has 6 heteroatoms. The molecule has 1 unspecified atom stereocenters. The molecule has 1 aliphatic heterocycles. The number of amides is 4. The van der Waals surface area contributed by atoms with Crippen LogP contribution in [0.15, 0.2) is 0 Å². The lowest BCUT2D eigenvalue weighted by Crippen LogP contribution is -2.41. The fourth-order valence-corrected chi connectivity index (χ4v) is 1.24. The first-order valence-electron chi connectivity index (χ1n) is 5.01. The van der Waals surface area contributed by atoms with Gasteiger partial charge in [-0.2, -0.15) is 0 Å². The molecular weight excluding hydrogens is 198 g/mol. The minimum absolute atomic E-state index is 0.0919. The number of hydrogen-bond acceptors (Lipinski definition) is 3. The van der Waals surface area contributed by atoms with Crippen LogP contribution in [0.3, 0.4) is 0 Å². The first-order chi connectivity index (χ1) is 7.13. The number of carbonyl (C=O) groups excluding carboxylic acids is 3. The minimum Gasteiger partial charge on any atom is -0.353 e. The smallest absolute Gasteiger partial charge is 0.322 e. The Hall–Kier alpha value is -1.59. The highest BCUT2D eigenvalue weighted by Crippen LogP contribution is 1.95. The zero-order valence-corrected chi connectivity index (χ0v) is 8.63. The summed E-state index contributed by atoms with van der Waals surface area (Å²) in [6.45, 7) is 2.15. The predicted octanol–water partition coefficient (Wildman–Crippen LogP) is -0.499. The van der Waals surface area contributed by atoms with Gasteiger partial charge in [0.15, 0.2) is 0 Å². The Kier molecular flexibility index (Phi) is 4.08. The molecule has 84 valence electrons. The number of hydrogen-bond donors (Lipinski definition) is 3. The minimum atomic E-state index is -0.636. The molecule has 1 saturated heterocycles. The summed E-state index contributed by atoms with van der Waals surface area (Å²) < 4.78 is 0. The van der Waals surface area contributed by atoms with Crippen LogP contribution in [0.25, 0.3) is 0 Å². The lowest BCUT2D eigenvalue weighted by Gasteiger charge is -2.08. The second-order valence-corrected chi connectivity index (χ2v) is 3.42. The van der Waals surface area contributed by atoms with Gasteiger partial charge >= 0.3 is 6.03 Å². The molecule has 0 aromatic carbocycles. The third kappa shape index (κ3) is 3.57. The molecule has 0 aromatic rings. The Morgan fingerprint density at radius 1 is 1.47 bits per heavy atom. The van der Waals surface area contributed by atoms with Gasteiger partial charge in [-0.3, -0.25) is 14.9 Å². The standard InChI is InChI=1S/C9H15N3O3/c1-2-3-4-7(13)10-5-6-8(14)12-9(15)11-6/h6H,2-5H2,1H3,(H,10,13)(H2,11,12,14,15). The van der Waals surface area contributed by atoms with Crippen molar-refractivity contribution in [3.05, 3.63) is 0 Å². The molecule has 1 fully saturated rings. The van der Waals surface area contributed by atoms with Crippen molar-refractivity contribution in [2.24, 2.45) is 0 Å². The summed E-state index contributed by atoms with van der Waals surface area (Å²) in [5, 5.41) is 7.09. The molecule has 4 amide bonds. The molecule has 1 atom stereocenters. The number of rotatable bonds is 5. The van der Waals surface area contributed by atoms with Crippen LogP contribution in [-0.2, 0) is 9.59 Å². The third-order valence-electron chi connectivity index (χ3n) is 2.12. The van der Waals surface area contributed by atoms with Gasteiger partial charge < -0.3 is 10.6 Å². The van der Waals surface area contributed by atoms with Gasteiger partial charge in [0.2, 0.25) is 5.91 Å². The van der Waals surface area contributed by atoms with Crippen molar-refractivity contribution in [3.8, 4) is 0 Å². The van der Waals surface area contributed by atoms with Crippen molar-refractivity contribution in [1.82, 2.24) is 16.0 Å². The van der Waals surface area contributed by atoms with Crippen LogP contribution >= 0.6 is 0 Å². The van der Waals surface area contributed by atoms with Gasteiger partial charge in [0, 0.05) is 13.0 Å². The molecule has 6 nitrogen and oxygen atoms in total. The maximum absolute atomic E-state index is 11.2. The molecule has 0 aliphatic carbocycles. The van der Waals surface area contributed by atoms with E-state index in [1.54, 1.807) is 0 Å². The van der Waals surface area contributed by atoms with E-state index in [1.165, 1.54) is 0 Å². The van der Waals surface area contributed by atoms with Gasteiger partial charge in [-0.1, -0.05) is 13.3 Å². The molecule has 1 rings (SSSR count). The summed E-state index contributed by atoms with van der Waals surface area (Å²) in [6, 6.07) is -1.14. The van der Waals surface area contributed by atoms with Crippen LogP contribution in [0, 0.1) is 0 Å². The van der Waals surface area contributed by atoms with E-state index in [0.717, 1.165) is 12.8 Å². The van der Waals surface area contributed by atoms with Crippen LogP contribution in [-0.4, -0.2) is 30.4 Å². The van der Waals surface area contributed by atoms with Crippen LogP contribution in [0.5, 0.6) is 0 Å². The molecule has 15 heavy (non-hydrogen) atoms. The largest absolute Gasteiger partial charge is 0.353 e.